The lowest BCUT2D eigenvalue weighted by Crippen LogP contribution is -2.19. The van der Waals surface area contributed by atoms with Gasteiger partial charge in [0, 0.05) is 17.5 Å². The number of aliphatic hydroxyl groups is 2. The standard InChI is InChI=1S/C28H30FNO4/c1-17(2)28-24(13-12-21(31)14-22(32)15-27(33)34)25(19-8-10-20(29)11-9-19)16-26(30-28)23-7-5-4-6-18(23)3/h4-13,16-17,21-22,31-32H,14-15H2,1-3H3,(H,33,34)/t21-,22-/m1/s1. The van der Waals surface area contributed by atoms with Gasteiger partial charge in [0.1, 0.15) is 5.82 Å². The number of aliphatic carboxylic acids is 1. The summed E-state index contributed by atoms with van der Waals surface area (Å²) >= 11 is 0. The van der Waals surface area contributed by atoms with Crippen LogP contribution in [0.4, 0.5) is 4.39 Å². The number of benzene rings is 2. The van der Waals surface area contributed by atoms with E-state index in [0.29, 0.717) is 0 Å². The Morgan fingerprint density at radius 3 is 2.35 bits per heavy atom. The second kappa shape index (κ2) is 11.2. The quantitative estimate of drug-likeness (QED) is 0.385. The summed E-state index contributed by atoms with van der Waals surface area (Å²) in [4.78, 5) is 15.7. The van der Waals surface area contributed by atoms with Gasteiger partial charge in [-0.3, -0.25) is 9.78 Å². The highest BCUT2D eigenvalue weighted by Gasteiger charge is 2.18. The van der Waals surface area contributed by atoms with E-state index in [1.165, 1.54) is 18.2 Å². The molecule has 0 aliphatic carbocycles. The molecule has 5 nitrogen and oxygen atoms in total. The summed E-state index contributed by atoms with van der Waals surface area (Å²) < 4.78 is 13.6. The van der Waals surface area contributed by atoms with Gasteiger partial charge in [-0.05, 0) is 47.7 Å². The van der Waals surface area contributed by atoms with Crippen molar-refractivity contribution in [2.75, 3.05) is 0 Å². The van der Waals surface area contributed by atoms with E-state index in [1.807, 2.05) is 51.1 Å². The van der Waals surface area contributed by atoms with Crippen LogP contribution < -0.4 is 0 Å². The molecule has 0 saturated heterocycles. The van der Waals surface area contributed by atoms with Gasteiger partial charge >= 0.3 is 5.97 Å². The van der Waals surface area contributed by atoms with Crippen molar-refractivity contribution in [2.24, 2.45) is 0 Å². The number of aryl methyl sites for hydroxylation is 1. The Morgan fingerprint density at radius 2 is 1.74 bits per heavy atom. The molecule has 34 heavy (non-hydrogen) atoms. The largest absolute Gasteiger partial charge is 0.481 e. The number of nitrogens with zero attached hydrogens (tertiary/aromatic N) is 1. The fraction of sp³-hybridized carbons (Fsp3) is 0.286. The highest BCUT2D eigenvalue weighted by Crippen LogP contribution is 2.35. The van der Waals surface area contributed by atoms with E-state index < -0.39 is 24.6 Å². The number of hydrogen-bond acceptors (Lipinski definition) is 4. The van der Waals surface area contributed by atoms with Crippen LogP contribution in [-0.4, -0.2) is 38.5 Å². The van der Waals surface area contributed by atoms with Crippen molar-refractivity contribution in [1.29, 1.82) is 0 Å². The molecule has 2 aromatic carbocycles. The van der Waals surface area contributed by atoms with Crippen molar-refractivity contribution in [2.45, 2.75) is 51.7 Å². The van der Waals surface area contributed by atoms with Gasteiger partial charge in [-0.25, -0.2) is 4.39 Å². The lowest BCUT2D eigenvalue weighted by Gasteiger charge is -2.18. The number of carboxylic acids is 1. The van der Waals surface area contributed by atoms with Crippen LogP contribution in [0.15, 0.2) is 60.7 Å². The zero-order valence-electron chi connectivity index (χ0n) is 19.6. The van der Waals surface area contributed by atoms with E-state index >= 15 is 0 Å². The maximum atomic E-state index is 13.6. The van der Waals surface area contributed by atoms with Crippen LogP contribution in [0.3, 0.4) is 0 Å². The molecule has 0 amide bonds. The van der Waals surface area contributed by atoms with Crippen LogP contribution in [0.5, 0.6) is 0 Å². The molecule has 3 rings (SSSR count). The van der Waals surface area contributed by atoms with E-state index in [9.17, 15) is 19.4 Å². The molecule has 2 atom stereocenters. The molecule has 6 heteroatoms. The minimum absolute atomic E-state index is 0.0533. The summed E-state index contributed by atoms with van der Waals surface area (Å²) in [6, 6.07) is 16.2. The van der Waals surface area contributed by atoms with Gasteiger partial charge < -0.3 is 15.3 Å². The Labute approximate surface area is 199 Å². The van der Waals surface area contributed by atoms with Crippen molar-refractivity contribution in [3.8, 4) is 22.4 Å². The van der Waals surface area contributed by atoms with E-state index in [-0.39, 0.29) is 18.2 Å². The second-order valence-electron chi connectivity index (χ2n) is 8.74. The molecule has 1 aromatic heterocycles. The monoisotopic (exact) mass is 463 g/mol. The number of pyridine rings is 1. The second-order valence-corrected chi connectivity index (χ2v) is 8.74. The normalized spacial score (nSPS) is 13.4. The molecule has 178 valence electrons. The van der Waals surface area contributed by atoms with Gasteiger partial charge in [0.25, 0.3) is 0 Å². The molecule has 3 N–H and O–H groups in total. The van der Waals surface area contributed by atoms with Crippen molar-refractivity contribution < 1.29 is 24.5 Å². The minimum Gasteiger partial charge on any atom is -0.481 e. The summed E-state index contributed by atoms with van der Waals surface area (Å²) in [6.07, 6.45) is 0.567. The molecule has 0 aliphatic heterocycles. The fourth-order valence-corrected chi connectivity index (χ4v) is 3.91. The van der Waals surface area contributed by atoms with Crippen molar-refractivity contribution in [3.63, 3.8) is 0 Å². The first-order chi connectivity index (χ1) is 16.2. The molecule has 0 unspecified atom stereocenters. The SMILES string of the molecule is Cc1ccccc1-c1cc(-c2ccc(F)cc2)c(C=C[C@@H](O)C[C@@H](O)CC(=O)O)c(C(C)C)n1. The summed E-state index contributed by atoms with van der Waals surface area (Å²) in [6.45, 7) is 6.09. The smallest absolute Gasteiger partial charge is 0.305 e. The zero-order valence-corrected chi connectivity index (χ0v) is 19.6. The van der Waals surface area contributed by atoms with E-state index in [2.05, 4.69) is 0 Å². The first kappa shape index (κ1) is 25.3. The zero-order chi connectivity index (χ0) is 24.8. The number of carboxylic acid groups (broad SMARTS) is 1. The Kier molecular flexibility index (Phi) is 8.31. The predicted molar refractivity (Wildman–Crippen MR) is 132 cm³/mol. The summed E-state index contributed by atoms with van der Waals surface area (Å²) in [7, 11) is 0. The number of rotatable bonds is 9. The average Bonchev–Trinajstić information content (AvgIpc) is 2.77. The van der Waals surface area contributed by atoms with Crippen LogP contribution in [-0.2, 0) is 4.79 Å². The highest BCUT2D eigenvalue weighted by atomic mass is 19.1. The lowest BCUT2D eigenvalue weighted by molar-refractivity contribution is -0.139. The molecular formula is C28H30FNO4. The Hall–Kier alpha value is -3.35. The van der Waals surface area contributed by atoms with Crippen LogP contribution in [0.1, 0.15) is 49.4 Å². The van der Waals surface area contributed by atoms with Crippen molar-refractivity contribution >= 4 is 12.0 Å². The number of halogens is 1. The topological polar surface area (TPSA) is 90.7 Å². The van der Waals surface area contributed by atoms with E-state index in [4.69, 9.17) is 10.1 Å². The lowest BCUT2D eigenvalue weighted by atomic mass is 9.91. The van der Waals surface area contributed by atoms with Gasteiger partial charge in [0.15, 0.2) is 0 Å². The number of aromatic nitrogens is 1. The molecule has 0 fully saturated rings. The van der Waals surface area contributed by atoms with Crippen molar-refractivity contribution in [3.05, 3.63) is 83.3 Å². The predicted octanol–water partition coefficient (Wildman–Crippen LogP) is 5.59. The van der Waals surface area contributed by atoms with Crippen LogP contribution in [0.25, 0.3) is 28.5 Å². The minimum atomic E-state index is -1.15. The summed E-state index contributed by atoms with van der Waals surface area (Å²) in [5, 5.41) is 29.1. The van der Waals surface area contributed by atoms with Crippen molar-refractivity contribution in [1.82, 2.24) is 4.98 Å². The van der Waals surface area contributed by atoms with Gasteiger partial charge in [-0.1, -0.05) is 62.4 Å². The molecule has 1 heterocycles. The van der Waals surface area contributed by atoms with Gasteiger partial charge in [-0.2, -0.15) is 0 Å². The molecule has 0 aliphatic rings. The molecule has 0 bridgehead atoms. The molecule has 0 saturated carbocycles. The molecular weight excluding hydrogens is 433 g/mol. The number of hydrogen-bond donors (Lipinski definition) is 3. The number of carbonyl (C=O) groups is 1. The summed E-state index contributed by atoms with van der Waals surface area (Å²) in [5.41, 5.74) is 6.13. The van der Waals surface area contributed by atoms with Crippen LogP contribution in [0.2, 0.25) is 0 Å². The fourth-order valence-electron chi connectivity index (χ4n) is 3.91. The Bertz CT molecular complexity index is 1170. The Morgan fingerprint density at radius 1 is 1.06 bits per heavy atom. The third-order valence-electron chi connectivity index (χ3n) is 5.62. The van der Waals surface area contributed by atoms with Crippen LogP contribution >= 0.6 is 0 Å². The third kappa shape index (κ3) is 6.37. The molecule has 0 radical (unpaired) electrons. The van der Waals surface area contributed by atoms with Gasteiger partial charge in [-0.15, -0.1) is 0 Å². The third-order valence-corrected chi connectivity index (χ3v) is 5.62. The van der Waals surface area contributed by atoms with Gasteiger partial charge in [0.05, 0.1) is 30.0 Å². The summed E-state index contributed by atoms with van der Waals surface area (Å²) in [5.74, 6) is -1.40. The maximum absolute atomic E-state index is 13.6. The molecule has 0 spiro atoms. The maximum Gasteiger partial charge on any atom is 0.305 e. The first-order valence-corrected chi connectivity index (χ1v) is 11.3. The van der Waals surface area contributed by atoms with Gasteiger partial charge in [0.2, 0.25) is 0 Å². The van der Waals surface area contributed by atoms with Crippen LogP contribution in [0, 0.1) is 12.7 Å². The highest BCUT2D eigenvalue weighted by molar-refractivity contribution is 5.81. The average molecular weight is 464 g/mol. The van der Waals surface area contributed by atoms with E-state index in [0.717, 1.165) is 39.2 Å². The van der Waals surface area contributed by atoms with E-state index in [1.54, 1.807) is 18.2 Å². The first-order valence-electron chi connectivity index (χ1n) is 11.3. The number of aliphatic hydroxyl groups excluding tert-OH is 2. The Balaban J connectivity index is 2.12. The molecule has 3 aromatic rings.